The summed E-state index contributed by atoms with van der Waals surface area (Å²) in [5.41, 5.74) is 1.36. The minimum Gasteiger partial charge on any atom is -0.493 e. The third-order valence-corrected chi connectivity index (χ3v) is 4.92. The van der Waals surface area contributed by atoms with Crippen LogP contribution in [0.25, 0.3) is 0 Å². The molecule has 1 aromatic carbocycles. The maximum atomic E-state index is 5.59. The van der Waals surface area contributed by atoms with Crippen molar-refractivity contribution in [3.63, 3.8) is 0 Å². The molecule has 0 heterocycles. The van der Waals surface area contributed by atoms with Gasteiger partial charge >= 0.3 is 0 Å². The smallest absolute Gasteiger partial charge is 0.133 e. The first kappa shape index (κ1) is 15.8. The van der Waals surface area contributed by atoms with Crippen molar-refractivity contribution in [1.82, 2.24) is 5.32 Å². The molecule has 0 saturated heterocycles. The van der Waals surface area contributed by atoms with Crippen LogP contribution in [-0.4, -0.2) is 13.7 Å². The van der Waals surface area contributed by atoms with E-state index in [1.54, 1.807) is 0 Å². The molecule has 0 amide bonds. The van der Waals surface area contributed by atoms with Crippen LogP contribution in [0.3, 0.4) is 0 Å². The molecule has 1 fully saturated rings. The van der Waals surface area contributed by atoms with Gasteiger partial charge in [-0.1, -0.05) is 38.2 Å². The van der Waals surface area contributed by atoms with Crippen molar-refractivity contribution in [2.45, 2.75) is 51.5 Å². The first-order valence-electron chi connectivity index (χ1n) is 7.84. The Balaban J connectivity index is 2.04. The molecule has 112 valence electrons. The molecule has 2 rings (SSSR count). The van der Waals surface area contributed by atoms with Gasteiger partial charge in [-0.05, 0) is 59.9 Å². The lowest BCUT2D eigenvalue weighted by molar-refractivity contribution is 0.305. The van der Waals surface area contributed by atoms with E-state index in [2.05, 4.69) is 46.5 Å². The van der Waals surface area contributed by atoms with Crippen LogP contribution in [0.5, 0.6) is 5.75 Å². The molecule has 0 aliphatic heterocycles. The van der Waals surface area contributed by atoms with Crippen LogP contribution in [-0.2, 0) is 0 Å². The number of nitrogens with one attached hydrogen (secondary N) is 1. The molecule has 2 nitrogen and oxygen atoms in total. The molecule has 1 aromatic rings. The average Bonchev–Trinajstić information content (AvgIpc) is 2.48. The van der Waals surface area contributed by atoms with Gasteiger partial charge in [0.2, 0.25) is 0 Å². The Morgan fingerprint density at radius 1 is 1.30 bits per heavy atom. The fourth-order valence-corrected chi connectivity index (χ4v) is 3.69. The molecule has 1 aliphatic carbocycles. The average molecular weight is 340 g/mol. The van der Waals surface area contributed by atoms with Gasteiger partial charge in [-0.15, -0.1) is 0 Å². The van der Waals surface area contributed by atoms with Gasteiger partial charge in [-0.25, -0.2) is 0 Å². The molecule has 0 radical (unpaired) electrons. The van der Waals surface area contributed by atoms with Crippen LogP contribution in [0.2, 0.25) is 0 Å². The molecule has 1 atom stereocenters. The summed E-state index contributed by atoms with van der Waals surface area (Å²) in [6.45, 7) is 2.72. The molecule has 0 aromatic heterocycles. The Hall–Kier alpha value is -0.540. The zero-order valence-electron chi connectivity index (χ0n) is 12.6. The number of rotatable bonds is 6. The highest BCUT2D eigenvalue weighted by Crippen LogP contribution is 2.34. The van der Waals surface area contributed by atoms with E-state index in [1.807, 2.05) is 6.92 Å². The summed E-state index contributed by atoms with van der Waals surface area (Å²) in [6.07, 6.45) is 8.29. The first-order chi connectivity index (χ1) is 9.74. The van der Waals surface area contributed by atoms with Crippen molar-refractivity contribution in [2.24, 2.45) is 5.92 Å². The fourth-order valence-electron chi connectivity index (χ4n) is 3.18. The van der Waals surface area contributed by atoms with E-state index in [1.165, 1.54) is 44.1 Å². The zero-order valence-corrected chi connectivity index (χ0v) is 14.2. The lowest BCUT2D eigenvalue weighted by atomic mass is 9.83. The monoisotopic (exact) mass is 339 g/mol. The van der Waals surface area contributed by atoms with Gasteiger partial charge in [-0.3, -0.25) is 0 Å². The second kappa shape index (κ2) is 8.04. The lowest BCUT2D eigenvalue weighted by Crippen LogP contribution is -2.21. The molecule has 3 heteroatoms. The Kier molecular flexibility index (Phi) is 6.37. The molecular formula is C17H26BrNO. The molecule has 1 saturated carbocycles. The van der Waals surface area contributed by atoms with Crippen LogP contribution in [0, 0.1) is 5.92 Å². The maximum Gasteiger partial charge on any atom is 0.133 e. The van der Waals surface area contributed by atoms with Crippen LogP contribution >= 0.6 is 15.9 Å². The Bertz CT molecular complexity index is 415. The third kappa shape index (κ3) is 4.23. The summed E-state index contributed by atoms with van der Waals surface area (Å²) in [4.78, 5) is 0. The second-order valence-electron chi connectivity index (χ2n) is 5.70. The van der Waals surface area contributed by atoms with Gasteiger partial charge in [0.1, 0.15) is 5.75 Å². The van der Waals surface area contributed by atoms with E-state index >= 15 is 0 Å². The molecule has 1 N–H and O–H groups in total. The molecule has 1 unspecified atom stereocenters. The van der Waals surface area contributed by atoms with Crippen molar-refractivity contribution < 1.29 is 4.74 Å². The van der Waals surface area contributed by atoms with Crippen LogP contribution in [0.15, 0.2) is 22.7 Å². The number of ether oxygens (including phenoxy) is 1. The van der Waals surface area contributed by atoms with E-state index in [-0.39, 0.29) is 0 Å². The maximum absolute atomic E-state index is 5.59. The normalized spacial score (nSPS) is 17.9. The van der Waals surface area contributed by atoms with Crippen molar-refractivity contribution in [1.29, 1.82) is 0 Å². The fraction of sp³-hybridized carbons (Fsp3) is 0.647. The van der Waals surface area contributed by atoms with Gasteiger partial charge in [0.15, 0.2) is 0 Å². The van der Waals surface area contributed by atoms with Crippen LogP contribution in [0.1, 0.15) is 57.1 Å². The van der Waals surface area contributed by atoms with Gasteiger partial charge < -0.3 is 10.1 Å². The largest absolute Gasteiger partial charge is 0.493 e. The van der Waals surface area contributed by atoms with Gasteiger partial charge in [0, 0.05) is 6.04 Å². The summed E-state index contributed by atoms with van der Waals surface area (Å²) < 4.78 is 6.64. The van der Waals surface area contributed by atoms with Crippen molar-refractivity contribution in [2.75, 3.05) is 13.7 Å². The number of hydrogen-bond donors (Lipinski definition) is 1. The Labute approximate surface area is 131 Å². The summed E-state index contributed by atoms with van der Waals surface area (Å²) in [6, 6.07) is 6.92. The predicted octanol–water partition coefficient (Wildman–Crippen LogP) is 5.08. The summed E-state index contributed by atoms with van der Waals surface area (Å²) >= 11 is 3.62. The SMILES string of the molecule is CCOc1ccc(C(CC2CCCCC2)NC)cc1Br. The second-order valence-corrected chi connectivity index (χ2v) is 6.56. The predicted molar refractivity (Wildman–Crippen MR) is 88.3 cm³/mol. The van der Waals surface area contributed by atoms with Gasteiger partial charge in [0.05, 0.1) is 11.1 Å². The van der Waals surface area contributed by atoms with Gasteiger partial charge in [0.25, 0.3) is 0 Å². The highest BCUT2D eigenvalue weighted by atomic mass is 79.9. The lowest BCUT2D eigenvalue weighted by Gasteiger charge is -2.27. The van der Waals surface area contributed by atoms with Crippen molar-refractivity contribution in [3.05, 3.63) is 28.2 Å². The van der Waals surface area contributed by atoms with E-state index in [4.69, 9.17) is 4.74 Å². The third-order valence-electron chi connectivity index (χ3n) is 4.30. The Morgan fingerprint density at radius 3 is 2.65 bits per heavy atom. The molecule has 0 spiro atoms. The summed E-state index contributed by atoms with van der Waals surface area (Å²) in [5, 5.41) is 3.48. The van der Waals surface area contributed by atoms with Crippen LogP contribution < -0.4 is 10.1 Å². The van der Waals surface area contributed by atoms with E-state index in [9.17, 15) is 0 Å². The highest BCUT2D eigenvalue weighted by molar-refractivity contribution is 9.10. The van der Waals surface area contributed by atoms with Crippen LogP contribution in [0.4, 0.5) is 0 Å². The topological polar surface area (TPSA) is 21.3 Å². The molecule has 20 heavy (non-hydrogen) atoms. The minimum absolute atomic E-state index is 0.449. The minimum atomic E-state index is 0.449. The van der Waals surface area contributed by atoms with E-state index in [0.29, 0.717) is 12.6 Å². The van der Waals surface area contributed by atoms with E-state index < -0.39 is 0 Å². The van der Waals surface area contributed by atoms with Crippen molar-refractivity contribution in [3.8, 4) is 5.75 Å². The molecule has 0 bridgehead atoms. The highest BCUT2D eigenvalue weighted by Gasteiger charge is 2.19. The number of halogens is 1. The zero-order chi connectivity index (χ0) is 14.4. The van der Waals surface area contributed by atoms with Crippen molar-refractivity contribution >= 4 is 15.9 Å². The summed E-state index contributed by atoms with van der Waals surface area (Å²) in [7, 11) is 2.07. The first-order valence-corrected chi connectivity index (χ1v) is 8.63. The van der Waals surface area contributed by atoms with Gasteiger partial charge in [-0.2, -0.15) is 0 Å². The molecule has 1 aliphatic rings. The molecular weight excluding hydrogens is 314 g/mol. The Morgan fingerprint density at radius 2 is 2.05 bits per heavy atom. The van der Waals surface area contributed by atoms with E-state index in [0.717, 1.165) is 16.1 Å². The number of benzene rings is 1. The summed E-state index contributed by atoms with van der Waals surface area (Å²) in [5.74, 6) is 1.82. The number of hydrogen-bond acceptors (Lipinski definition) is 2. The quantitative estimate of drug-likeness (QED) is 0.780. The standard InChI is InChI=1S/C17H26BrNO/c1-3-20-17-10-9-14(12-15(17)18)16(19-2)11-13-7-5-4-6-8-13/h9-10,12-13,16,19H,3-8,11H2,1-2H3.